The maximum absolute atomic E-state index is 9.92. The molecule has 4 heteroatoms. The van der Waals surface area contributed by atoms with Crippen molar-refractivity contribution in [3.63, 3.8) is 0 Å². The third kappa shape index (κ3) is 3.11. The monoisotopic (exact) mass is 238 g/mol. The molecule has 1 aromatic carbocycles. The number of fused-ring (bicyclic) bond motifs is 1. The van der Waals surface area contributed by atoms with Gasteiger partial charge in [0.1, 0.15) is 12.7 Å². The van der Waals surface area contributed by atoms with Crippen molar-refractivity contribution in [2.45, 2.75) is 32.2 Å². The van der Waals surface area contributed by atoms with Crippen LogP contribution in [0.25, 0.3) is 0 Å². The average Bonchev–Trinajstić information content (AvgIpc) is 2.35. The number of para-hydroxylation sites is 2. The largest absolute Gasteiger partial charge is 0.486 e. The molecule has 0 radical (unpaired) electrons. The van der Waals surface area contributed by atoms with Crippen LogP contribution >= 0.6 is 0 Å². The maximum atomic E-state index is 9.92. The number of aliphatic hydroxyl groups is 1. The van der Waals surface area contributed by atoms with E-state index in [4.69, 9.17) is 14.2 Å². The van der Waals surface area contributed by atoms with E-state index in [0.29, 0.717) is 12.4 Å². The van der Waals surface area contributed by atoms with E-state index in [1.165, 1.54) is 0 Å². The zero-order valence-electron chi connectivity index (χ0n) is 10.1. The minimum Gasteiger partial charge on any atom is -0.486 e. The van der Waals surface area contributed by atoms with E-state index in [-0.39, 0.29) is 18.8 Å². The van der Waals surface area contributed by atoms with Crippen LogP contribution < -0.4 is 9.47 Å². The molecule has 0 amide bonds. The summed E-state index contributed by atoms with van der Waals surface area (Å²) in [5, 5.41) is 9.92. The van der Waals surface area contributed by atoms with Gasteiger partial charge in [-0.25, -0.2) is 0 Å². The number of hydrogen-bond donors (Lipinski definition) is 1. The van der Waals surface area contributed by atoms with Crippen molar-refractivity contribution in [2.75, 3.05) is 13.2 Å². The molecular weight excluding hydrogens is 220 g/mol. The number of ether oxygens (including phenoxy) is 3. The van der Waals surface area contributed by atoms with Crippen molar-refractivity contribution in [1.82, 2.24) is 0 Å². The van der Waals surface area contributed by atoms with Gasteiger partial charge in [-0.15, -0.1) is 0 Å². The molecule has 0 saturated heterocycles. The van der Waals surface area contributed by atoms with Gasteiger partial charge in [0.05, 0.1) is 12.7 Å². The summed E-state index contributed by atoms with van der Waals surface area (Å²) < 4.78 is 16.6. The topological polar surface area (TPSA) is 47.9 Å². The SMILES string of the molecule is CC(C)OCC(O)C1COc2ccccc2O1. The number of rotatable bonds is 4. The molecule has 17 heavy (non-hydrogen) atoms. The standard InChI is InChI=1S/C13H18O4/c1-9(2)15-7-10(14)13-8-16-11-5-3-4-6-12(11)17-13/h3-6,9-10,13-14H,7-8H2,1-2H3. The summed E-state index contributed by atoms with van der Waals surface area (Å²) in [6.07, 6.45) is -0.948. The van der Waals surface area contributed by atoms with E-state index in [1.807, 2.05) is 38.1 Å². The van der Waals surface area contributed by atoms with Crippen molar-refractivity contribution < 1.29 is 19.3 Å². The van der Waals surface area contributed by atoms with Gasteiger partial charge in [-0.2, -0.15) is 0 Å². The Morgan fingerprint density at radius 3 is 2.76 bits per heavy atom. The minimum atomic E-state index is -0.675. The molecule has 1 heterocycles. The Morgan fingerprint density at radius 2 is 2.06 bits per heavy atom. The molecule has 4 nitrogen and oxygen atoms in total. The van der Waals surface area contributed by atoms with E-state index < -0.39 is 6.10 Å². The van der Waals surface area contributed by atoms with Crippen LogP contribution in [-0.4, -0.2) is 36.6 Å². The van der Waals surface area contributed by atoms with Crippen LogP contribution in [0.5, 0.6) is 11.5 Å². The Labute approximate surface area is 101 Å². The van der Waals surface area contributed by atoms with Crippen molar-refractivity contribution in [2.24, 2.45) is 0 Å². The molecule has 1 aliphatic heterocycles. The smallest absolute Gasteiger partial charge is 0.161 e. The predicted octanol–water partition coefficient (Wildman–Crippen LogP) is 1.61. The van der Waals surface area contributed by atoms with E-state index in [9.17, 15) is 5.11 Å². The molecule has 0 fully saturated rings. The fraction of sp³-hybridized carbons (Fsp3) is 0.538. The second kappa shape index (κ2) is 5.38. The summed E-state index contributed by atoms with van der Waals surface area (Å²) >= 11 is 0. The van der Waals surface area contributed by atoms with Crippen LogP contribution in [0.3, 0.4) is 0 Å². The first-order valence-electron chi connectivity index (χ1n) is 5.85. The molecule has 94 valence electrons. The Kier molecular flexibility index (Phi) is 3.86. The third-order valence-electron chi connectivity index (χ3n) is 2.56. The Balaban J connectivity index is 1.93. The third-order valence-corrected chi connectivity index (χ3v) is 2.56. The first kappa shape index (κ1) is 12.2. The van der Waals surface area contributed by atoms with Gasteiger partial charge < -0.3 is 19.3 Å². The van der Waals surface area contributed by atoms with Gasteiger partial charge in [0, 0.05) is 0 Å². The summed E-state index contributed by atoms with van der Waals surface area (Å²) in [4.78, 5) is 0. The van der Waals surface area contributed by atoms with Crippen molar-refractivity contribution in [3.8, 4) is 11.5 Å². The lowest BCUT2D eigenvalue weighted by Crippen LogP contribution is -2.42. The Bertz CT molecular complexity index is 364. The summed E-state index contributed by atoms with van der Waals surface area (Å²) in [6.45, 7) is 4.47. The van der Waals surface area contributed by atoms with Gasteiger partial charge in [0.15, 0.2) is 17.6 Å². The molecule has 2 atom stereocenters. The highest BCUT2D eigenvalue weighted by Crippen LogP contribution is 2.31. The highest BCUT2D eigenvalue weighted by Gasteiger charge is 2.27. The summed E-state index contributed by atoms with van der Waals surface area (Å²) in [5.74, 6) is 1.40. The van der Waals surface area contributed by atoms with Crippen LogP contribution in [-0.2, 0) is 4.74 Å². The van der Waals surface area contributed by atoms with Crippen LogP contribution in [0.4, 0.5) is 0 Å². The van der Waals surface area contributed by atoms with E-state index >= 15 is 0 Å². The van der Waals surface area contributed by atoms with Crippen molar-refractivity contribution in [3.05, 3.63) is 24.3 Å². The fourth-order valence-corrected chi connectivity index (χ4v) is 1.62. The number of aliphatic hydroxyl groups excluding tert-OH is 1. The van der Waals surface area contributed by atoms with Gasteiger partial charge in [0.25, 0.3) is 0 Å². The first-order valence-corrected chi connectivity index (χ1v) is 5.85. The normalized spacial score (nSPS) is 20.4. The van der Waals surface area contributed by atoms with E-state index in [1.54, 1.807) is 0 Å². The summed E-state index contributed by atoms with van der Waals surface area (Å²) in [6, 6.07) is 7.45. The van der Waals surface area contributed by atoms with Gasteiger partial charge in [-0.3, -0.25) is 0 Å². The molecule has 2 unspecified atom stereocenters. The van der Waals surface area contributed by atoms with Crippen molar-refractivity contribution in [1.29, 1.82) is 0 Å². The summed E-state index contributed by atoms with van der Waals surface area (Å²) in [5.41, 5.74) is 0. The lowest BCUT2D eigenvalue weighted by Gasteiger charge is -2.29. The maximum Gasteiger partial charge on any atom is 0.161 e. The Hall–Kier alpha value is -1.26. The first-order chi connectivity index (χ1) is 8.16. The molecule has 1 aliphatic rings. The minimum absolute atomic E-state index is 0.0986. The number of hydrogen-bond acceptors (Lipinski definition) is 4. The number of benzene rings is 1. The lowest BCUT2D eigenvalue weighted by atomic mass is 10.2. The van der Waals surface area contributed by atoms with Crippen LogP contribution in [0.2, 0.25) is 0 Å². The highest BCUT2D eigenvalue weighted by atomic mass is 16.6. The van der Waals surface area contributed by atoms with Crippen LogP contribution in [0.15, 0.2) is 24.3 Å². The highest BCUT2D eigenvalue weighted by molar-refractivity contribution is 5.40. The molecule has 1 aromatic rings. The molecule has 0 saturated carbocycles. The van der Waals surface area contributed by atoms with Gasteiger partial charge >= 0.3 is 0 Å². The zero-order chi connectivity index (χ0) is 12.3. The summed E-state index contributed by atoms with van der Waals surface area (Å²) in [7, 11) is 0. The second-order valence-corrected chi connectivity index (χ2v) is 4.36. The molecular formula is C13H18O4. The fourth-order valence-electron chi connectivity index (χ4n) is 1.62. The molecule has 0 aliphatic carbocycles. The average molecular weight is 238 g/mol. The lowest BCUT2D eigenvalue weighted by molar-refractivity contribution is -0.0646. The molecule has 2 rings (SSSR count). The zero-order valence-corrected chi connectivity index (χ0v) is 10.1. The van der Waals surface area contributed by atoms with Crippen molar-refractivity contribution >= 4 is 0 Å². The molecule has 0 bridgehead atoms. The second-order valence-electron chi connectivity index (χ2n) is 4.36. The Morgan fingerprint density at radius 1 is 1.35 bits per heavy atom. The molecule has 1 N–H and O–H groups in total. The van der Waals surface area contributed by atoms with Gasteiger partial charge in [-0.05, 0) is 26.0 Å². The van der Waals surface area contributed by atoms with E-state index in [2.05, 4.69) is 0 Å². The van der Waals surface area contributed by atoms with E-state index in [0.717, 1.165) is 5.75 Å². The predicted molar refractivity (Wildman–Crippen MR) is 63.4 cm³/mol. The van der Waals surface area contributed by atoms with Crippen LogP contribution in [0.1, 0.15) is 13.8 Å². The van der Waals surface area contributed by atoms with Gasteiger partial charge in [0.2, 0.25) is 0 Å². The van der Waals surface area contributed by atoms with Gasteiger partial charge in [-0.1, -0.05) is 12.1 Å². The van der Waals surface area contributed by atoms with Crippen LogP contribution in [0, 0.1) is 0 Å². The molecule has 0 aromatic heterocycles. The quantitative estimate of drug-likeness (QED) is 0.865. The molecule has 0 spiro atoms.